The Hall–Kier alpha value is -2.50. The molecule has 1 amide bonds. The lowest BCUT2D eigenvalue weighted by atomic mass is 9.98. The second-order valence-corrected chi connectivity index (χ2v) is 10.1. The number of piperidine rings is 1. The highest BCUT2D eigenvalue weighted by atomic mass is 35.5. The van der Waals surface area contributed by atoms with E-state index in [4.69, 9.17) is 11.6 Å². The molecule has 174 valence electrons. The fraction of sp³-hybridized carbons (Fsp3) is 0.500. The van der Waals surface area contributed by atoms with E-state index < -0.39 is 21.0 Å². The number of likely N-dealkylation sites (tertiary alicyclic amines) is 1. The lowest BCUT2D eigenvalue weighted by Crippen LogP contribution is -2.51. The molecule has 0 spiro atoms. The van der Waals surface area contributed by atoms with Crippen LogP contribution in [0.25, 0.3) is 0 Å². The summed E-state index contributed by atoms with van der Waals surface area (Å²) in [6, 6.07) is 3.64. The van der Waals surface area contributed by atoms with Gasteiger partial charge in [-0.25, -0.2) is 13.0 Å². The average Bonchev–Trinajstić information content (AvgIpc) is 3.20. The molecule has 2 heterocycles. The van der Waals surface area contributed by atoms with Gasteiger partial charge in [0, 0.05) is 19.5 Å². The molecule has 1 aliphatic heterocycles. The fourth-order valence-electron chi connectivity index (χ4n) is 3.80. The Morgan fingerprint density at radius 2 is 2.06 bits per heavy atom. The minimum absolute atomic E-state index is 0.0187. The molecule has 3 rings (SSSR count). The number of nitro groups is 1. The highest BCUT2D eigenvalue weighted by Gasteiger charge is 2.33. The van der Waals surface area contributed by atoms with E-state index in [9.17, 15) is 23.3 Å². The Morgan fingerprint density at radius 3 is 2.69 bits per heavy atom. The molecule has 2 aromatic rings. The van der Waals surface area contributed by atoms with Crippen LogP contribution in [0.5, 0.6) is 0 Å². The van der Waals surface area contributed by atoms with Gasteiger partial charge in [-0.05, 0) is 42.2 Å². The monoisotopic (exact) mass is 483 g/mol. The predicted molar refractivity (Wildman–Crippen MR) is 119 cm³/mol. The fourth-order valence-corrected chi connectivity index (χ4v) is 5.86. The molecular weight excluding hydrogens is 458 g/mol. The number of hydrogen-bond acceptors (Lipinski definition) is 6. The highest BCUT2D eigenvalue weighted by Crippen LogP contribution is 2.26. The van der Waals surface area contributed by atoms with Crippen LogP contribution in [0.4, 0.5) is 5.95 Å². The van der Waals surface area contributed by atoms with Gasteiger partial charge >= 0.3 is 5.95 Å². The molecular formula is C20H26ClN5O5S. The maximum Gasteiger partial charge on any atom is 0.434 e. The van der Waals surface area contributed by atoms with Crippen molar-refractivity contribution in [1.29, 1.82) is 0 Å². The highest BCUT2D eigenvalue weighted by molar-refractivity contribution is 7.89. The Morgan fingerprint density at radius 1 is 1.38 bits per heavy atom. The van der Waals surface area contributed by atoms with E-state index in [0.717, 1.165) is 12.8 Å². The first-order valence-corrected chi connectivity index (χ1v) is 12.2. The molecule has 10 nitrogen and oxygen atoms in total. The van der Waals surface area contributed by atoms with Crippen molar-refractivity contribution in [1.82, 2.24) is 19.2 Å². The minimum Gasteiger partial charge on any atom is -0.390 e. The molecule has 1 aromatic carbocycles. The number of aromatic nitrogens is 2. The summed E-state index contributed by atoms with van der Waals surface area (Å²) in [5.74, 6) is -0.227. The van der Waals surface area contributed by atoms with E-state index in [-0.39, 0.29) is 34.7 Å². The van der Waals surface area contributed by atoms with Crippen molar-refractivity contribution in [3.8, 4) is 0 Å². The summed E-state index contributed by atoms with van der Waals surface area (Å²) < 4.78 is 30.1. The Balaban J connectivity index is 1.86. The summed E-state index contributed by atoms with van der Waals surface area (Å²) in [6.07, 6.45) is 4.40. The molecule has 1 aromatic heterocycles. The summed E-state index contributed by atoms with van der Waals surface area (Å²) in [5.41, 5.74) is 0.452. The van der Waals surface area contributed by atoms with Crippen LogP contribution in [-0.2, 0) is 21.4 Å². The van der Waals surface area contributed by atoms with Crippen LogP contribution in [-0.4, -0.2) is 52.8 Å². The zero-order valence-corrected chi connectivity index (χ0v) is 19.5. The number of nitrogens with zero attached hydrogens (tertiary/aromatic N) is 4. The predicted octanol–water partition coefficient (Wildman–Crippen LogP) is 2.75. The SMILES string of the molecule is Cc1cccc(Cl)c1S(=O)(=O)NC(CCn1ccnc1[N+](=O)[O-])C(=O)N1CCC(C)CC1. The Labute approximate surface area is 191 Å². The summed E-state index contributed by atoms with van der Waals surface area (Å²) in [6.45, 7) is 4.85. The maximum atomic E-state index is 13.3. The van der Waals surface area contributed by atoms with E-state index in [0.29, 0.717) is 24.6 Å². The Bertz CT molecular complexity index is 1080. The quantitative estimate of drug-likeness (QED) is 0.454. The van der Waals surface area contributed by atoms with Gasteiger partial charge in [-0.15, -0.1) is 0 Å². The second-order valence-electron chi connectivity index (χ2n) is 8.03. The standard InChI is InChI=1S/C20H26ClN5O5S/c1-14-6-10-24(11-7-14)19(27)17(8-12-25-13-9-22-20(25)26(28)29)23-32(30,31)18-15(2)4-3-5-16(18)21/h3-5,9,13-14,17,23H,6-8,10-12H2,1-2H3. The van der Waals surface area contributed by atoms with Crippen LogP contribution in [0, 0.1) is 23.0 Å². The van der Waals surface area contributed by atoms with Gasteiger partial charge in [0.2, 0.25) is 15.9 Å². The van der Waals surface area contributed by atoms with Gasteiger partial charge in [-0.1, -0.05) is 35.6 Å². The molecule has 0 radical (unpaired) electrons. The van der Waals surface area contributed by atoms with Crippen LogP contribution < -0.4 is 4.72 Å². The first-order valence-electron chi connectivity index (χ1n) is 10.3. The minimum atomic E-state index is -4.12. The molecule has 1 aliphatic rings. The average molecular weight is 484 g/mol. The molecule has 1 atom stereocenters. The van der Waals surface area contributed by atoms with Crippen LogP contribution in [0.1, 0.15) is 31.7 Å². The van der Waals surface area contributed by atoms with Crippen molar-refractivity contribution in [3.63, 3.8) is 0 Å². The largest absolute Gasteiger partial charge is 0.434 e. The first-order chi connectivity index (χ1) is 15.1. The van der Waals surface area contributed by atoms with Gasteiger partial charge in [-0.3, -0.25) is 4.79 Å². The lowest BCUT2D eigenvalue weighted by molar-refractivity contribution is -0.396. The first kappa shape index (κ1) is 24.1. The van der Waals surface area contributed by atoms with Gasteiger partial charge in [0.05, 0.1) is 11.6 Å². The smallest absolute Gasteiger partial charge is 0.390 e. The van der Waals surface area contributed by atoms with Crippen LogP contribution in [0.2, 0.25) is 5.02 Å². The number of halogens is 1. The lowest BCUT2D eigenvalue weighted by Gasteiger charge is -2.33. The molecule has 32 heavy (non-hydrogen) atoms. The molecule has 1 unspecified atom stereocenters. The van der Waals surface area contributed by atoms with Crippen molar-refractivity contribution in [2.75, 3.05) is 13.1 Å². The van der Waals surface area contributed by atoms with Crippen LogP contribution in [0.3, 0.4) is 0 Å². The van der Waals surface area contributed by atoms with E-state index in [1.807, 2.05) is 0 Å². The van der Waals surface area contributed by atoms with Crippen molar-refractivity contribution in [2.45, 2.75) is 50.6 Å². The van der Waals surface area contributed by atoms with Crippen molar-refractivity contribution in [2.24, 2.45) is 5.92 Å². The molecule has 0 saturated carbocycles. The maximum absolute atomic E-state index is 13.3. The van der Waals surface area contributed by atoms with E-state index >= 15 is 0 Å². The normalized spacial score (nSPS) is 16.2. The Kier molecular flexibility index (Phi) is 7.52. The van der Waals surface area contributed by atoms with Crippen molar-refractivity contribution in [3.05, 3.63) is 51.3 Å². The molecule has 12 heteroatoms. The van der Waals surface area contributed by atoms with E-state index in [2.05, 4.69) is 16.6 Å². The number of benzene rings is 1. The van der Waals surface area contributed by atoms with Gasteiger partial charge in [0.1, 0.15) is 23.3 Å². The molecule has 0 aliphatic carbocycles. The number of rotatable bonds is 8. The summed E-state index contributed by atoms with van der Waals surface area (Å²) in [4.78, 5) is 29.1. The number of nitrogens with one attached hydrogen (secondary N) is 1. The second kappa shape index (κ2) is 9.97. The summed E-state index contributed by atoms with van der Waals surface area (Å²) >= 11 is 6.15. The number of aryl methyl sites for hydroxylation is 2. The van der Waals surface area contributed by atoms with E-state index in [1.54, 1.807) is 24.0 Å². The van der Waals surface area contributed by atoms with Gasteiger partial charge in [0.25, 0.3) is 0 Å². The zero-order valence-electron chi connectivity index (χ0n) is 17.9. The van der Waals surface area contributed by atoms with Gasteiger partial charge < -0.3 is 15.0 Å². The summed E-state index contributed by atoms with van der Waals surface area (Å²) in [5, 5.41) is 11.2. The van der Waals surface area contributed by atoms with Crippen LogP contribution in [0.15, 0.2) is 35.5 Å². The number of hydrogen-bond donors (Lipinski definition) is 1. The van der Waals surface area contributed by atoms with E-state index in [1.165, 1.54) is 23.0 Å². The summed E-state index contributed by atoms with van der Waals surface area (Å²) in [7, 11) is -4.12. The molecule has 0 bridgehead atoms. The van der Waals surface area contributed by atoms with Crippen LogP contribution >= 0.6 is 11.6 Å². The molecule has 1 saturated heterocycles. The number of imidazole rings is 1. The topological polar surface area (TPSA) is 127 Å². The number of sulfonamides is 1. The number of amides is 1. The van der Waals surface area contributed by atoms with Gasteiger partial charge in [-0.2, -0.15) is 4.72 Å². The zero-order chi connectivity index (χ0) is 23.5. The molecule has 1 fully saturated rings. The van der Waals surface area contributed by atoms with Crippen molar-refractivity contribution >= 4 is 33.5 Å². The third kappa shape index (κ3) is 5.45. The third-order valence-corrected chi connectivity index (χ3v) is 7.74. The third-order valence-electron chi connectivity index (χ3n) is 5.64. The van der Waals surface area contributed by atoms with Crippen molar-refractivity contribution < 1.29 is 18.1 Å². The number of carbonyl (C=O) groups excluding carboxylic acids is 1. The van der Waals surface area contributed by atoms with Gasteiger partial charge in [0.15, 0.2) is 0 Å². The number of carbonyl (C=O) groups is 1. The molecule has 1 N–H and O–H groups in total.